The van der Waals surface area contributed by atoms with Gasteiger partial charge in [0.05, 0.1) is 12.1 Å². The molecule has 1 aromatic heterocycles. The molecule has 8 nitrogen and oxygen atoms in total. The van der Waals surface area contributed by atoms with Crippen LogP contribution in [0.15, 0.2) is 10.6 Å². The van der Waals surface area contributed by atoms with Crippen LogP contribution in [-0.2, 0) is 16.0 Å². The molecule has 8 heteroatoms. The number of aromatic nitrogens is 1. The van der Waals surface area contributed by atoms with E-state index >= 15 is 0 Å². The largest absolute Gasteiger partial charge is 0.370 e. The highest BCUT2D eigenvalue weighted by Gasteiger charge is 2.24. The van der Waals surface area contributed by atoms with Crippen molar-refractivity contribution in [2.45, 2.75) is 32.2 Å². The highest BCUT2D eigenvalue weighted by molar-refractivity contribution is 5.97. The van der Waals surface area contributed by atoms with E-state index in [1.54, 1.807) is 0 Å². The summed E-state index contributed by atoms with van der Waals surface area (Å²) in [6.07, 6.45) is 1.27. The smallest absolute Gasteiger partial charge is 0.290 e. The van der Waals surface area contributed by atoms with Crippen LogP contribution >= 0.6 is 0 Å². The van der Waals surface area contributed by atoms with E-state index in [-0.39, 0.29) is 12.2 Å². The molecule has 0 fully saturated rings. The molecule has 0 aromatic carbocycles. The van der Waals surface area contributed by atoms with Gasteiger partial charge in [0, 0.05) is 13.1 Å². The fraction of sp³-hybridized carbons (Fsp3) is 0.500. The molecule has 0 aliphatic rings. The van der Waals surface area contributed by atoms with Crippen LogP contribution in [0.5, 0.6) is 0 Å². The summed E-state index contributed by atoms with van der Waals surface area (Å²) in [5.41, 5.74) is 5.69. The Hall–Kier alpha value is -2.38. The summed E-state index contributed by atoms with van der Waals surface area (Å²) in [6.45, 7) is 1.98. The van der Waals surface area contributed by atoms with Crippen LogP contribution in [-0.4, -0.2) is 36.0 Å². The first-order valence-electron chi connectivity index (χ1n) is 6.24. The molecule has 0 spiro atoms. The van der Waals surface area contributed by atoms with Gasteiger partial charge in [0.15, 0.2) is 0 Å². The van der Waals surface area contributed by atoms with Crippen LogP contribution in [0, 0.1) is 0 Å². The summed E-state index contributed by atoms with van der Waals surface area (Å²) >= 11 is 0. The normalized spacial score (nSPS) is 11.7. The average molecular weight is 282 g/mol. The quantitative estimate of drug-likeness (QED) is 0.612. The first kappa shape index (κ1) is 15.7. The van der Waals surface area contributed by atoms with E-state index in [9.17, 15) is 14.4 Å². The van der Waals surface area contributed by atoms with Gasteiger partial charge in [0.2, 0.25) is 17.6 Å². The molecule has 1 heterocycles. The number of amides is 3. The lowest BCUT2D eigenvalue weighted by Gasteiger charge is -2.14. The summed E-state index contributed by atoms with van der Waals surface area (Å²) in [5.74, 6) is -1.82. The summed E-state index contributed by atoms with van der Waals surface area (Å²) < 4.78 is 4.89. The monoisotopic (exact) mass is 282 g/mol. The molecule has 0 saturated heterocycles. The van der Waals surface area contributed by atoms with E-state index in [1.165, 1.54) is 13.1 Å². The zero-order valence-electron chi connectivity index (χ0n) is 11.4. The standard InChI is InChI=1S/C12H18N4O4/c1-3-4-7-5-9(20-16-7)12(19)15-8(6-10(13)17)11(18)14-2/h5,8H,3-4,6H2,1-2H3,(H2,13,17)(H,14,18)(H,15,19)/t8-/m0/s1. The Morgan fingerprint density at radius 3 is 2.70 bits per heavy atom. The van der Waals surface area contributed by atoms with Crippen molar-refractivity contribution in [2.24, 2.45) is 5.73 Å². The van der Waals surface area contributed by atoms with Crippen molar-refractivity contribution >= 4 is 17.7 Å². The number of hydrogen-bond acceptors (Lipinski definition) is 5. The van der Waals surface area contributed by atoms with Crippen LogP contribution in [0.25, 0.3) is 0 Å². The molecule has 3 amide bonds. The Kier molecular flexibility index (Phi) is 5.70. The SMILES string of the molecule is CCCc1cc(C(=O)N[C@@H](CC(N)=O)C(=O)NC)on1. The summed E-state index contributed by atoms with van der Waals surface area (Å²) in [5, 5.41) is 8.46. The third kappa shape index (κ3) is 4.38. The van der Waals surface area contributed by atoms with Gasteiger partial charge >= 0.3 is 0 Å². The van der Waals surface area contributed by atoms with Crippen LogP contribution in [0.4, 0.5) is 0 Å². The molecule has 1 atom stereocenters. The molecule has 0 saturated carbocycles. The maximum atomic E-state index is 11.9. The van der Waals surface area contributed by atoms with E-state index in [1.807, 2.05) is 6.92 Å². The summed E-state index contributed by atoms with van der Waals surface area (Å²) in [6, 6.07) is 0.467. The Balaban J connectivity index is 2.73. The minimum atomic E-state index is -1.04. The Morgan fingerprint density at radius 1 is 1.45 bits per heavy atom. The first-order valence-corrected chi connectivity index (χ1v) is 6.24. The molecule has 20 heavy (non-hydrogen) atoms. The summed E-state index contributed by atoms with van der Waals surface area (Å²) in [4.78, 5) is 34.3. The topological polar surface area (TPSA) is 127 Å². The highest BCUT2D eigenvalue weighted by atomic mass is 16.5. The fourth-order valence-corrected chi connectivity index (χ4v) is 1.61. The van der Waals surface area contributed by atoms with Gasteiger partial charge in [-0.15, -0.1) is 0 Å². The van der Waals surface area contributed by atoms with E-state index < -0.39 is 23.8 Å². The second-order valence-electron chi connectivity index (χ2n) is 4.24. The zero-order valence-corrected chi connectivity index (χ0v) is 11.4. The van der Waals surface area contributed by atoms with E-state index in [0.717, 1.165) is 6.42 Å². The molecule has 0 aliphatic heterocycles. The predicted octanol–water partition coefficient (Wildman–Crippen LogP) is -0.653. The number of nitrogens with zero attached hydrogens (tertiary/aromatic N) is 1. The molecular formula is C12H18N4O4. The second-order valence-corrected chi connectivity index (χ2v) is 4.24. The number of hydrogen-bond donors (Lipinski definition) is 3. The van der Waals surface area contributed by atoms with Gasteiger partial charge in [-0.05, 0) is 6.42 Å². The zero-order chi connectivity index (χ0) is 15.1. The molecule has 0 bridgehead atoms. The number of carbonyl (C=O) groups excluding carboxylic acids is 3. The number of nitrogens with one attached hydrogen (secondary N) is 2. The molecule has 1 rings (SSSR count). The number of primary amides is 1. The van der Waals surface area contributed by atoms with Gasteiger partial charge in [-0.3, -0.25) is 14.4 Å². The van der Waals surface area contributed by atoms with Gasteiger partial charge in [0.1, 0.15) is 6.04 Å². The van der Waals surface area contributed by atoms with Crippen molar-refractivity contribution in [1.82, 2.24) is 15.8 Å². The van der Waals surface area contributed by atoms with Gasteiger partial charge in [0.25, 0.3) is 5.91 Å². The number of aryl methyl sites for hydroxylation is 1. The number of likely N-dealkylation sites (N-methyl/N-ethyl adjacent to an activating group) is 1. The van der Waals surface area contributed by atoms with E-state index in [0.29, 0.717) is 12.1 Å². The molecule has 0 radical (unpaired) electrons. The third-order valence-corrected chi connectivity index (χ3v) is 2.56. The predicted molar refractivity (Wildman–Crippen MR) is 69.6 cm³/mol. The molecule has 0 unspecified atom stereocenters. The lowest BCUT2D eigenvalue weighted by molar-refractivity contribution is -0.126. The molecule has 1 aromatic rings. The van der Waals surface area contributed by atoms with Crippen molar-refractivity contribution < 1.29 is 18.9 Å². The minimum Gasteiger partial charge on any atom is -0.370 e. The van der Waals surface area contributed by atoms with Gasteiger partial charge in [-0.1, -0.05) is 18.5 Å². The Labute approximate surface area is 116 Å². The molecule has 4 N–H and O–H groups in total. The minimum absolute atomic E-state index is 0.00757. The molecular weight excluding hydrogens is 264 g/mol. The number of carbonyl (C=O) groups is 3. The van der Waals surface area contributed by atoms with Crippen molar-refractivity contribution in [2.75, 3.05) is 7.05 Å². The highest BCUT2D eigenvalue weighted by Crippen LogP contribution is 2.06. The van der Waals surface area contributed by atoms with Crippen LogP contribution in [0.2, 0.25) is 0 Å². The third-order valence-electron chi connectivity index (χ3n) is 2.56. The maximum absolute atomic E-state index is 11.9. The van der Waals surface area contributed by atoms with Gasteiger partial charge in [-0.25, -0.2) is 0 Å². The van der Waals surface area contributed by atoms with Crippen molar-refractivity contribution in [3.63, 3.8) is 0 Å². The van der Waals surface area contributed by atoms with Crippen LogP contribution in [0.1, 0.15) is 36.0 Å². The van der Waals surface area contributed by atoms with Gasteiger partial charge in [-0.2, -0.15) is 0 Å². The van der Waals surface area contributed by atoms with Gasteiger partial charge < -0.3 is 20.9 Å². The molecule has 0 aliphatic carbocycles. The van der Waals surface area contributed by atoms with Crippen LogP contribution in [0.3, 0.4) is 0 Å². The van der Waals surface area contributed by atoms with Crippen molar-refractivity contribution in [3.05, 3.63) is 17.5 Å². The Morgan fingerprint density at radius 2 is 2.15 bits per heavy atom. The maximum Gasteiger partial charge on any atom is 0.290 e. The lowest BCUT2D eigenvalue weighted by atomic mass is 10.1. The fourth-order valence-electron chi connectivity index (χ4n) is 1.61. The number of nitrogens with two attached hydrogens (primary N) is 1. The van der Waals surface area contributed by atoms with Crippen LogP contribution < -0.4 is 16.4 Å². The van der Waals surface area contributed by atoms with Crippen molar-refractivity contribution in [3.8, 4) is 0 Å². The van der Waals surface area contributed by atoms with Crippen molar-refractivity contribution in [1.29, 1.82) is 0 Å². The lowest BCUT2D eigenvalue weighted by Crippen LogP contribution is -2.47. The van der Waals surface area contributed by atoms with E-state index in [4.69, 9.17) is 10.3 Å². The average Bonchev–Trinajstić information content (AvgIpc) is 2.85. The second kappa shape index (κ2) is 7.27. The number of rotatable bonds is 7. The first-order chi connectivity index (χ1) is 9.47. The Bertz CT molecular complexity index is 497. The van der Waals surface area contributed by atoms with E-state index in [2.05, 4.69) is 15.8 Å². The summed E-state index contributed by atoms with van der Waals surface area (Å²) in [7, 11) is 1.40. The molecule has 110 valence electrons.